The summed E-state index contributed by atoms with van der Waals surface area (Å²) in [7, 11) is 0. The molecule has 0 saturated carbocycles. The van der Waals surface area contributed by atoms with Crippen LogP contribution >= 0.6 is 27.3 Å². The second-order valence-corrected chi connectivity index (χ2v) is 9.38. The van der Waals surface area contributed by atoms with Gasteiger partial charge in [0.1, 0.15) is 29.4 Å². The molecule has 0 radical (unpaired) electrons. The number of carbonyl (C=O) groups excluding carboxylic acids is 2. The van der Waals surface area contributed by atoms with Gasteiger partial charge in [-0.25, -0.2) is 4.79 Å². The Balaban J connectivity index is 1.77. The predicted octanol–water partition coefficient (Wildman–Crippen LogP) is 6.17. The van der Waals surface area contributed by atoms with Crippen LogP contribution in [0.15, 0.2) is 58.6 Å². The highest BCUT2D eigenvalue weighted by Crippen LogP contribution is 2.30. The van der Waals surface area contributed by atoms with Gasteiger partial charge in [-0.15, -0.1) is 11.3 Å². The van der Waals surface area contributed by atoms with Crippen molar-refractivity contribution in [1.82, 2.24) is 0 Å². The van der Waals surface area contributed by atoms with Crippen molar-refractivity contribution >= 4 is 45.1 Å². The van der Waals surface area contributed by atoms with E-state index in [1.807, 2.05) is 36.4 Å². The van der Waals surface area contributed by atoms with Gasteiger partial charge >= 0.3 is 5.97 Å². The maximum atomic E-state index is 12.9. The van der Waals surface area contributed by atoms with E-state index in [-0.39, 0.29) is 24.2 Å². The predicted molar refractivity (Wildman–Crippen MR) is 137 cm³/mol. The molecule has 0 unspecified atom stereocenters. The smallest absolute Gasteiger partial charge is 0.348 e. The first kappa shape index (κ1) is 25.9. The SMILES string of the molecule is CCOC(=O)c1sc(CC(=O)C(C#N)=Cc2ccc(OCc3ccccc3)c(Br)c2)c(C#N)c1C. The highest BCUT2D eigenvalue weighted by Gasteiger charge is 2.23. The summed E-state index contributed by atoms with van der Waals surface area (Å²) in [6.45, 7) is 3.96. The Morgan fingerprint density at radius 1 is 1.14 bits per heavy atom. The number of Topliss-reactive ketones (excluding diaryl/α,β-unsaturated/α-hetero) is 1. The molecule has 0 aliphatic heterocycles. The van der Waals surface area contributed by atoms with Gasteiger partial charge in [0, 0.05) is 11.3 Å². The molecule has 0 aliphatic carbocycles. The van der Waals surface area contributed by atoms with Crippen LogP contribution in [0, 0.1) is 29.6 Å². The van der Waals surface area contributed by atoms with Gasteiger partial charge in [0.05, 0.1) is 22.2 Å². The van der Waals surface area contributed by atoms with Gasteiger partial charge in [0.15, 0.2) is 5.78 Å². The number of nitriles is 2. The molecular weight excluding hydrogens is 528 g/mol. The molecule has 0 amide bonds. The van der Waals surface area contributed by atoms with E-state index < -0.39 is 11.8 Å². The van der Waals surface area contributed by atoms with Crippen LogP contribution in [0.5, 0.6) is 5.75 Å². The van der Waals surface area contributed by atoms with Gasteiger partial charge < -0.3 is 9.47 Å². The molecule has 1 heterocycles. The summed E-state index contributed by atoms with van der Waals surface area (Å²) in [5.41, 5.74) is 2.38. The summed E-state index contributed by atoms with van der Waals surface area (Å²) in [5.74, 6) is -0.336. The average Bonchev–Trinajstić information content (AvgIpc) is 3.17. The third-order valence-electron chi connectivity index (χ3n) is 5.04. The van der Waals surface area contributed by atoms with E-state index in [2.05, 4.69) is 22.0 Å². The van der Waals surface area contributed by atoms with Crippen molar-refractivity contribution in [2.24, 2.45) is 0 Å². The van der Waals surface area contributed by atoms with Gasteiger partial charge in [0.25, 0.3) is 0 Å². The third-order valence-corrected chi connectivity index (χ3v) is 6.93. The number of ether oxygens (including phenoxy) is 2. The Hall–Kier alpha value is -3.72. The molecule has 0 aliphatic rings. The molecule has 3 rings (SSSR count). The van der Waals surface area contributed by atoms with Crippen LogP contribution in [-0.2, 0) is 22.6 Å². The van der Waals surface area contributed by atoms with E-state index >= 15 is 0 Å². The quantitative estimate of drug-likeness (QED) is 0.180. The zero-order valence-corrected chi connectivity index (χ0v) is 21.5. The van der Waals surface area contributed by atoms with Crippen molar-refractivity contribution in [3.63, 3.8) is 0 Å². The van der Waals surface area contributed by atoms with E-state index in [4.69, 9.17) is 9.47 Å². The lowest BCUT2D eigenvalue weighted by atomic mass is 10.0. The number of ketones is 1. The monoisotopic (exact) mass is 548 g/mol. The minimum absolute atomic E-state index is 0.0533. The zero-order valence-electron chi connectivity index (χ0n) is 19.1. The fourth-order valence-electron chi connectivity index (χ4n) is 3.28. The maximum Gasteiger partial charge on any atom is 0.348 e. The molecule has 0 spiro atoms. The first-order chi connectivity index (χ1) is 16.9. The standard InChI is InChI=1S/C27H21BrN2O4S/c1-3-33-27(32)26-17(2)21(15-30)25(35-26)13-23(31)20(14-29)11-19-9-10-24(22(28)12-19)34-16-18-7-5-4-6-8-18/h4-12H,3,13,16H2,1-2H3. The number of halogens is 1. The van der Waals surface area contributed by atoms with E-state index in [1.54, 1.807) is 32.0 Å². The van der Waals surface area contributed by atoms with Gasteiger partial charge in [-0.2, -0.15) is 10.5 Å². The number of allylic oxidation sites excluding steroid dienone is 1. The highest BCUT2D eigenvalue weighted by molar-refractivity contribution is 9.10. The van der Waals surface area contributed by atoms with Gasteiger partial charge in [-0.1, -0.05) is 36.4 Å². The molecule has 35 heavy (non-hydrogen) atoms. The zero-order chi connectivity index (χ0) is 25.4. The Morgan fingerprint density at radius 3 is 2.51 bits per heavy atom. The Morgan fingerprint density at radius 2 is 1.89 bits per heavy atom. The molecule has 6 nitrogen and oxygen atoms in total. The molecule has 0 saturated heterocycles. The lowest BCUT2D eigenvalue weighted by molar-refractivity contribution is -0.114. The minimum atomic E-state index is -0.527. The number of thiophene rings is 1. The van der Waals surface area contributed by atoms with E-state index in [1.165, 1.54) is 6.08 Å². The molecule has 176 valence electrons. The fourth-order valence-corrected chi connectivity index (χ4v) is 4.94. The average molecular weight is 549 g/mol. The van der Waals surface area contributed by atoms with Crippen LogP contribution in [0.25, 0.3) is 6.08 Å². The van der Waals surface area contributed by atoms with Crippen LogP contribution in [-0.4, -0.2) is 18.4 Å². The molecule has 0 fully saturated rings. The second kappa shape index (κ2) is 12.1. The second-order valence-electron chi connectivity index (χ2n) is 7.42. The number of hydrogen-bond donors (Lipinski definition) is 0. The summed E-state index contributed by atoms with van der Waals surface area (Å²) >= 11 is 4.53. The summed E-state index contributed by atoms with van der Waals surface area (Å²) in [5, 5.41) is 19.1. The maximum absolute atomic E-state index is 12.9. The van der Waals surface area contributed by atoms with Crippen molar-refractivity contribution in [2.45, 2.75) is 26.9 Å². The normalized spacial score (nSPS) is 10.8. The van der Waals surface area contributed by atoms with Crippen molar-refractivity contribution in [2.75, 3.05) is 6.61 Å². The first-order valence-electron chi connectivity index (χ1n) is 10.7. The molecule has 2 aromatic carbocycles. The molecule has 3 aromatic rings. The van der Waals surface area contributed by atoms with Crippen molar-refractivity contribution in [3.05, 3.63) is 90.6 Å². The van der Waals surface area contributed by atoms with Crippen LogP contribution in [0.1, 0.15) is 43.7 Å². The summed E-state index contributed by atoms with van der Waals surface area (Å²) in [6.07, 6.45) is 1.33. The molecule has 1 aromatic heterocycles. The lowest BCUT2D eigenvalue weighted by Gasteiger charge is -2.09. The molecule has 0 bridgehead atoms. The highest BCUT2D eigenvalue weighted by atomic mass is 79.9. The van der Waals surface area contributed by atoms with Gasteiger partial charge in [-0.05, 0) is 64.7 Å². The first-order valence-corrected chi connectivity index (χ1v) is 12.3. The van der Waals surface area contributed by atoms with Crippen LogP contribution in [0.2, 0.25) is 0 Å². The Labute approximate surface area is 216 Å². The number of nitrogens with zero attached hydrogens (tertiary/aromatic N) is 2. The van der Waals surface area contributed by atoms with Crippen LogP contribution in [0.4, 0.5) is 0 Å². The summed E-state index contributed by atoms with van der Waals surface area (Å²) in [6, 6.07) is 19.1. The van der Waals surface area contributed by atoms with Crippen LogP contribution in [0.3, 0.4) is 0 Å². The number of hydrogen-bond acceptors (Lipinski definition) is 7. The van der Waals surface area contributed by atoms with E-state index in [0.717, 1.165) is 16.9 Å². The largest absolute Gasteiger partial charge is 0.488 e. The Bertz CT molecular complexity index is 1360. The lowest BCUT2D eigenvalue weighted by Crippen LogP contribution is -2.05. The van der Waals surface area contributed by atoms with Crippen molar-refractivity contribution in [3.8, 4) is 17.9 Å². The number of benzene rings is 2. The third kappa shape index (κ3) is 6.45. The summed E-state index contributed by atoms with van der Waals surface area (Å²) < 4.78 is 11.6. The van der Waals surface area contributed by atoms with Crippen molar-refractivity contribution in [1.29, 1.82) is 10.5 Å². The number of rotatable bonds is 9. The molecular formula is C27H21BrN2O4S. The van der Waals surface area contributed by atoms with Crippen LogP contribution < -0.4 is 4.74 Å². The van der Waals surface area contributed by atoms with Crippen molar-refractivity contribution < 1.29 is 19.1 Å². The van der Waals surface area contributed by atoms with E-state index in [9.17, 15) is 20.1 Å². The van der Waals surface area contributed by atoms with Gasteiger partial charge in [0.2, 0.25) is 0 Å². The molecule has 0 N–H and O–H groups in total. The van der Waals surface area contributed by atoms with E-state index in [0.29, 0.717) is 37.7 Å². The fraction of sp³-hybridized carbons (Fsp3) is 0.185. The topological polar surface area (TPSA) is 100 Å². The Kier molecular flexibility index (Phi) is 8.97. The summed E-state index contributed by atoms with van der Waals surface area (Å²) in [4.78, 5) is 25.8. The number of esters is 1. The molecule has 8 heteroatoms. The van der Waals surface area contributed by atoms with Gasteiger partial charge in [-0.3, -0.25) is 4.79 Å². The molecule has 0 atom stereocenters. The minimum Gasteiger partial charge on any atom is -0.488 e. The number of carbonyl (C=O) groups is 2.